The molecule has 1 saturated heterocycles. The van der Waals surface area contributed by atoms with Gasteiger partial charge in [-0.15, -0.1) is 0 Å². The van der Waals surface area contributed by atoms with Crippen LogP contribution in [0.1, 0.15) is 79.1 Å². The van der Waals surface area contributed by atoms with Crippen LogP contribution in [0.15, 0.2) is 24.3 Å². The van der Waals surface area contributed by atoms with Crippen LogP contribution in [0.5, 0.6) is 0 Å². The number of piperidine rings is 1. The predicted octanol–water partition coefficient (Wildman–Crippen LogP) is 6.27. The third-order valence-electron chi connectivity index (χ3n) is 4.76. The number of benzene rings is 1. The molecule has 0 spiro atoms. The molecule has 1 aliphatic heterocycles. The lowest BCUT2D eigenvalue weighted by Crippen LogP contribution is -2.35. The maximum Gasteiger partial charge on any atom is 0.153 e. The second kappa shape index (κ2) is 14.8. The molecular formula is C23H40N2OS. The first kappa shape index (κ1) is 23.8. The average Bonchev–Trinajstić information content (AvgIpc) is 2.68. The van der Waals surface area contributed by atoms with Gasteiger partial charge in [-0.3, -0.25) is 9.69 Å². The Morgan fingerprint density at radius 3 is 2.37 bits per heavy atom. The van der Waals surface area contributed by atoms with Gasteiger partial charge >= 0.3 is 0 Å². The smallest absolute Gasteiger partial charge is 0.153 e. The number of Topliss-reactive ketones (excluding diaryl/α,β-unsaturated/α-hetero) is 1. The Kier molecular flexibility index (Phi) is 13.0. The van der Waals surface area contributed by atoms with Crippen molar-refractivity contribution < 1.29 is 6.22 Å². The van der Waals surface area contributed by atoms with Crippen molar-refractivity contribution in [3.8, 4) is 0 Å². The van der Waals surface area contributed by atoms with Crippen LogP contribution in [-0.2, 0) is 11.2 Å². The number of anilines is 1. The Balaban J connectivity index is 0.00000235. The first-order valence-corrected chi connectivity index (χ1v) is 11.2. The van der Waals surface area contributed by atoms with E-state index in [2.05, 4.69) is 41.4 Å². The molecule has 0 atom stereocenters. The van der Waals surface area contributed by atoms with E-state index < -0.39 is 0 Å². The highest BCUT2D eigenvalue weighted by Crippen LogP contribution is 2.14. The Bertz CT molecular complexity index is 542. The van der Waals surface area contributed by atoms with Gasteiger partial charge in [0.05, 0.1) is 18.0 Å². The molecule has 1 aromatic rings. The summed E-state index contributed by atoms with van der Waals surface area (Å²) in [6.07, 6.45) is 10.3. The number of thiocarbonyl (C=S) groups is 1. The topological polar surface area (TPSA) is 32.3 Å². The van der Waals surface area contributed by atoms with Crippen molar-refractivity contribution in [1.29, 1.82) is 0 Å². The minimum Gasteiger partial charge on any atom is -0.350 e. The Labute approximate surface area is 173 Å². The lowest BCUT2D eigenvalue weighted by atomic mass is 10.1. The Morgan fingerprint density at radius 1 is 1.07 bits per heavy atom. The number of nitrogens with zero attached hydrogens (tertiary/aromatic N) is 1. The van der Waals surface area contributed by atoms with Crippen LogP contribution < -0.4 is 5.32 Å². The molecule has 4 heteroatoms. The molecule has 0 amide bonds. The summed E-state index contributed by atoms with van der Waals surface area (Å²) in [6, 6.07) is 8.45. The maximum absolute atomic E-state index is 12.2. The predicted molar refractivity (Wildman–Crippen MR) is 124 cm³/mol. The van der Waals surface area contributed by atoms with Crippen molar-refractivity contribution in [1.82, 2.24) is 4.90 Å². The van der Waals surface area contributed by atoms with E-state index in [1.54, 1.807) is 0 Å². The standard InChI is InChI=1S/C21H32N2OS.C2H6.H2/c1-2-3-4-6-9-18-10-12-19(13-11-18)22-21(25)16-20(24)17-23-14-7-5-8-15-23;1-2;/h10-13H,2-9,14-17H2,1H3,(H,22,25);1-2H3;1H. The number of hydrogen-bond acceptors (Lipinski definition) is 3. The molecule has 3 nitrogen and oxygen atoms in total. The normalized spacial score (nSPS) is 14.2. The van der Waals surface area contributed by atoms with Crippen LogP contribution in [0.25, 0.3) is 0 Å². The van der Waals surface area contributed by atoms with Crippen molar-refractivity contribution in [2.75, 3.05) is 25.0 Å². The average molecular weight is 393 g/mol. The van der Waals surface area contributed by atoms with Gasteiger partial charge in [0, 0.05) is 7.11 Å². The lowest BCUT2D eigenvalue weighted by molar-refractivity contribution is -0.119. The third kappa shape index (κ3) is 10.6. The SMILES string of the molecule is CC.CCCCCCc1ccc(NC(=S)CC(=O)CN2CCCCC2)cc1.[HH]. The minimum atomic E-state index is 0. The molecule has 1 aliphatic rings. The summed E-state index contributed by atoms with van der Waals surface area (Å²) in [7, 11) is 0. The second-order valence-corrected chi connectivity index (χ2v) is 7.60. The van der Waals surface area contributed by atoms with Crippen molar-refractivity contribution >= 4 is 28.7 Å². The van der Waals surface area contributed by atoms with Crippen molar-refractivity contribution in [3.05, 3.63) is 29.8 Å². The van der Waals surface area contributed by atoms with Gasteiger partial charge in [0.25, 0.3) is 0 Å². The zero-order valence-corrected chi connectivity index (χ0v) is 18.4. The quantitative estimate of drug-likeness (QED) is 0.376. The van der Waals surface area contributed by atoms with Gasteiger partial charge in [0.1, 0.15) is 0 Å². The number of unbranched alkanes of at least 4 members (excludes halogenated alkanes) is 3. The molecule has 1 N–H and O–H groups in total. The number of carbonyl (C=O) groups excluding carboxylic acids is 1. The van der Waals surface area contributed by atoms with E-state index in [-0.39, 0.29) is 7.21 Å². The molecule has 1 heterocycles. The van der Waals surface area contributed by atoms with Crippen LogP contribution in [0.2, 0.25) is 0 Å². The number of hydrogen-bond donors (Lipinski definition) is 1. The van der Waals surface area contributed by atoms with E-state index in [4.69, 9.17) is 12.2 Å². The summed E-state index contributed by atoms with van der Waals surface area (Å²) in [6.45, 7) is 8.87. The zero-order chi connectivity index (χ0) is 19.9. The molecule has 0 radical (unpaired) electrons. The third-order valence-corrected chi connectivity index (χ3v) is 5.01. The van der Waals surface area contributed by atoms with Gasteiger partial charge in [-0.25, -0.2) is 0 Å². The van der Waals surface area contributed by atoms with Gasteiger partial charge in [0.2, 0.25) is 0 Å². The monoisotopic (exact) mass is 392 g/mol. The van der Waals surface area contributed by atoms with Gasteiger partial charge in [0.15, 0.2) is 5.78 Å². The molecule has 0 bridgehead atoms. The van der Waals surface area contributed by atoms with Crippen LogP contribution in [0, 0.1) is 0 Å². The summed E-state index contributed by atoms with van der Waals surface area (Å²) in [5.74, 6) is 0.215. The molecular weight excluding hydrogens is 352 g/mol. The summed E-state index contributed by atoms with van der Waals surface area (Å²) < 4.78 is 0. The molecule has 27 heavy (non-hydrogen) atoms. The number of rotatable bonds is 10. The highest BCUT2D eigenvalue weighted by Gasteiger charge is 2.15. The minimum absolute atomic E-state index is 0. The summed E-state index contributed by atoms with van der Waals surface area (Å²) in [4.78, 5) is 15.0. The van der Waals surface area contributed by atoms with Crippen molar-refractivity contribution in [3.63, 3.8) is 0 Å². The maximum atomic E-state index is 12.2. The van der Waals surface area contributed by atoms with Gasteiger partial charge in [-0.05, 0) is 56.5 Å². The molecule has 1 fully saturated rings. The Morgan fingerprint density at radius 2 is 1.74 bits per heavy atom. The van der Waals surface area contributed by atoms with E-state index >= 15 is 0 Å². The number of ketones is 1. The number of aryl methyl sites for hydroxylation is 1. The van der Waals surface area contributed by atoms with Gasteiger partial charge in [-0.1, -0.05) is 70.8 Å². The molecule has 0 unspecified atom stereocenters. The fraction of sp³-hybridized carbons (Fsp3) is 0.652. The number of likely N-dealkylation sites (tertiary alicyclic amines) is 1. The van der Waals surface area contributed by atoms with Crippen molar-refractivity contribution in [2.45, 2.75) is 78.6 Å². The first-order valence-electron chi connectivity index (χ1n) is 10.8. The van der Waals surface area contributed by atoms with Crippen LogP contribution in [0.3, 0.4) is 0 Å². The van der Waals surface area contributed by atoms with Crippen molar-refractivity contribution in [2.24, 2.45) is 0 Å². The zero-order valence-electron chi connectivity index (χ0n) is 17.6. The number of nitrogens with one attached hydrogen (secondary N) is 1. The molecule has 2 rings (SSSR count). The second-order valence-electron chi connectivity index (χ2n) is 7.11. The fourth-order valence-corrected chi connectivity index (χ4v) is 3.60. The van der Waals surface area contributed by atoms with Crippen LogP contribution in [0.4, 0.5) is 5.69 Å². The van der Waals surface area contributed by atoms with Gasteiger partial charge in [-0.2, -0.15) is 0 Å². The van der Waals surface area contributed by atoms with Crippen LogP contribution in [-0.4, -0.2) is 35.3 Å². The summed E-state index contributed by atoms with van der Waals surface area (Å²) >= 11 is 5.36. The molecule has 154 valence electrons. The first-order chi connectivity index (χ1) is 13.2. The Hall–Kier alpha value is -1.26. The summed E-state index contributed by atoms with van der Waals surface area (Å²) in [5, 5.41) is 3.21. The van der Waals surface area contributed by atoms with E-state index in [0.29, 0.717) is 18.0 Å². The lowest BCUT2D eigenvalue weighted by Gasteiger charge is -2.25. The van der Waals surface area contributed by atoms with E-state index in [9.17, 15) is 4.79 Å². The molecule has 1 aromatic carbocycles. The number of carbonyl (C=O) groups is 1. The summed E-state index contributed by atoms with van der Waals surface area (Å²) in [5.41, 5.74) is 2.35. The van der Waals surface area contributed by atoms with Gasteiger partial charge < -0.3 is 5.32 Å². The van der Waals surface area contributed by atoms with Crippen LogP contribution >= 0.6 is 12.2 Å². The molecule has 0 saturated carbocycles. The largest absolute Gasteiger partial charge is 0.350 e. The highest BCUT2D eigenvalue weighted by atomic mass is 32.1. The van der Waals surface area contributed by atoms with E-state index in [1.165, 1.54) is 50.5 Å². The molecule has 0 aromatic heterocycles. The van der Waals surface area contributed by atoms with E-state index in [1.807, 2.05) is 13.8 Å². The fourth-order valence-electron chi connectivity index (χ4n) is 3.32. The highest BCUT2D eigenvalue weighted by molar-refractivity contribution is 7.80. The van der Waals surface area contributed by atoms with E-state index in [0.717, 1.165) is 25.2 Å². The molecule has 0 aliphatic carbocycles.